The molecule has 0 aromatic rings. The second kappa shape index (κ2) is 10.9. The first-order valence-corrected chi connectivity index (χ1v) is 5.93. The molecule has 0 spiro atoms. The van der Waals surface area contributed by atoms with Crippen LogP contribution in [0.1, 0.15) is 26.7 Å². The standard InChI is InChI=1S/C11H24N2O3/c1-3-6-13-11(15)5-7-12-8-10(14)9-16-4-2/h10,12,14H,3-9H2,1-2H3,(H,13,15). The Hall–Kier alpha value is -0.650. The van der Waals surface area contributed by atoms with Crippen molar-refractivity contribution in [1.82, 2.24) is 10.6 Å². The van der Waals surface area contributed by atoms with Crippen LogP contribution in [0.4, 0.5) is 0 Å². The van der Waals surface area contributed by atoms with Crippen molar-refractivity contribution < 1.29 is 14.6 Å². The van der Waals surface area contributed by atoms with Gasteiger partial charge in [-0.25, -0.2) is 0 Å². The Kier molecular flexibility index (Phi) is 10.4. The van der Waals surface area contributed by atoms with Crippen molar-refractivity contribution in [1.29, 1.82) is 0 Å². The molecule has 96 valence electrons. The molecule has 1 atom stereocenters. The maximum absolute atomic E-state index is 11.2. The average Bonchev–Trinajstić information content (AvgIpc) is 2.29. The van der Waals surface area contributed by atoms with Crippen LogP contribution >= 0.6 is 0 Å². The van der Waals surface area contributed by atoms with Gasteiger partial charge in [0.25, 0.3) is 0 Å². The molecule has 1 amide bonds. The van der Waals surface area contributed by atoms with Crippen molar-refractivity contribution in [2.45, 2.75) is 32.8 Å². The molecule has 0 fully saturated rings. The molecular formula is C11H24N2O3. The van der Waals surface area contributed by atoms with Gasteiger partial charge < -0.3 is 20.5 Å². The molecule has 16 heavy (non-hydrogen) atoms. The third-order valence-corrected chi connectivity index (χ3v) is 2.00. The summed E-state index contributed by atoms with van der Waals surface area (Å²) in [4.78, 5) is 11.2. The van der Waals surface area contributed by atoms with Gasteiger partial charge in [-0.05, 0) is 13.3 Å². The van der Waals surface area contributed by atoms with Gasteiger partial charge in [0.15, 0.2) is 0 Å². The van der Waals surface area contributed by atoms with Gasteiger partial charge >= 0.3 is 0 Å². The fourth-order valence-electron chi connectivity index (χ4n) is 1.14. The van der Waals surface area contributed by atoms with Gasteiger partial charge in [0, 0.05) is 32.7 Å². The van der Waals surface area contributed by atoms with Crippen LogP contribution in [0, 0.1) is 0 Å². The molecule has 0 rings (SSSR count). The van der Waals surface area contributed by atoms with Gasteiger partial charge in [0.05, 0.1) is 12.7 Å². The predicted molar refractivity (Wildman–Crippen MR) is 63.3 cm³/mol. The number of nitrogens with one attached hydrogen (secondary N) is 2. The molecular weight excluding hydrogens is 208 g/mol. The number of aliphatic hydroxyl groups is 1. The number of ether oxygens (including phenoxy) is 1. The molecule has 0 saturated heterocycles. The van der Waals surface area contributed by atoms with Crippen LogP contribution in [0.15, 0.2) is 0 Å². The van der Waals surface area contributed by atoms with Gasteiger partial charge in [0.2, 0.25) is 5.91 Å². The van der Waals surface area contributed by atoms with Crippen molar-refractivity contribution in [3.63, 3.8) is 0 Å². The highest BCUT2D eigenvalue weighted by atomic mass is 16.5. The molecule has 1 unspecified atom stereocenters. The summed E-state index contributed by atoms with van der Waals surface area (Å²) < 4.78 is 5.06. The van der Waals surface area contributed by atoms with Gasteiger partial charge in [-0.15, -0.1) is 0 Å². The van der Waals surface area contributed by atoms with Crippen LogP contribution in [0.3, 0.4) is 0 Å². The lowest BCUT2D eigenvalue weighted by molar-refractivity contribution is -0.121. The van der Waals surface area contributed by atoms with E-state index in [4.69, 9.17) is 4.74 Å². The van der Waals surface area contributed by atoms with E-state index in [2.05, 4.69) is 10.6 Å². The van der Waals surface area contributed by atoms with Crippen molar-refractivity contribution in [3.8, 4) is 0 Å². The van der Waals surface area contributed by atoms with Crippen LogP contribution in [0.25, 0.3) is 0 Å². The number of hydrogen-bond acceptors (Lipinski definition) is 4. The predicted octanol–water partition coefficient (Wildman–Crippen LogP) is -0.110. The maximum Gasteiger partial charge on any atom is 0.221 e. The van der Waals surface area contributed by atoms with E-state index in [1.165, 1.54) is 0 Å². The Labute approximate surface area is 97.6 Å². The van der Waals surface area contributed by atoms with Gasteiger partial charge in [0.1, 0.15) is 0 Å². The van der Waals surface area contributed by atoms with E-state index in [0.717, 1.165) is 13.0 Å². The van der Waals surface area contributed by atoms with Gasteiger partial charge in [-0.3, -0.25) is 4.79 Å². The normalized spacial score (nSPS) is 12.4. The number of aliphatic hydroxyl groups excluding tert-OH is 1. The number of amides is 1. The molecule has 0 aliphatic heterocycles. The minimum Gasteiger partial charge on any atom is -0.389 e. The summed E-state index contributed by atoms with van der Waals surface area (Å²) in [6, 6.07) is 0. The zero-order chi connectivity index (χ0) is 12.2. The van der Waals surface area contributed by atoms with E-state index in [0.29, 0.717) is 32.7 Å². The number of hydrogen-bond donors (Lipinski definition) is 3. The highest BCUT2D eigenvalue weighted by Gasteiger charge is 2.04. The molecule has 0 aromatic carbocycles. The third kappa shape index (κ3) is 9.89. The minimum absolute atomic E-state index is 0.0497. The van der Waals surface area contributed by atoms with Crippen LogP contribution in [0.5, 0.6) is 0 Å². The van der Waals surface area contributed by atoms with E-state index in [1.807, 2.05) is 13.8 Å². The Balaban J connectivity index is 3.28. The van der Waals surface area contributed by atoms with E-state index in [1.54, 1.807) is 0 Å². The second-order valence-corrected chi connectivity index (χ2v) is 3.62. The van der Waals surface area contributed by atoms with E-state index in [-0.39, 0.29) is 5.91 Å². The first-order chi connectivity index (χ1) is 7.70. The molecule has 0 bridgehead atoms. The third-order valence-electron chi connectivity index (χ3n) is 2.00. The lowest BCUT2D eigenvalue weighted by atomic mass is 10.3. The zero-order valence-corrected chi connectivity index (χ0v) is 10.3. The van der Waals surface area contributed by atoms with Gasteiger partial charge in [-0.2, -0.15) is 0 Å². The van der Waals surface area contributed by atoms with Crippen molar-refractivity contribution in [2.24, 2.45) is 0 Å². The fraction of sp³-hybridized carbons (Fsp3) is 0.909. The highest BCUT2D eigenvalue weighted by Crippen LogP contribution is 1.84. The Morgan fingerprint density at radius 3 is 2.75 bits per heavy atom. The largest absolute Gasteiger partial charge is 0.389 e. The number of carbonyl (C=O) groups excluding carboxylic acids is 1. The molecule has 0 aliphatic rings. The van der Waals surface area contributed by atoms with E-state index < -0.39 is 6.10 Å². The Morgan fingerprint density at radius 1 is 1.38 bits per heavy atom. The lowest BCUT2D eigenvalue weighted by Crippen LogP contribution is -2.33. The monoisotopic (exact) mass is 232 g/mol. The molecule has 5 nitrogen and oxygen atoms in total. The summed E-state index contributed by atoms with van der Waals surface area (Å²) >= 11 is 0. The zero-order valence-electron chi connectivity index (χ0n) is 10.3. The van der Waals surface area contributed by atoms with Gasteiger partial charge in [-0.1, -0.05) is 6.92 Å². The molecule has 3 N–H and O–H groups in total. The van der Waals surface area contributed by atoms with Crippen LogP contribution in [0.2, 0.25) is 0 Å². The number of carbonyl (C=O) groups is 1. The first kappa shape index (κ1) is 15.3. The second-order valence-electron chi connectivity index (χ2n) is 3.62. The first-order valence-electron chi connectivity index (χ1n) is 5.93. The fourth-order valence-corrected chi connectivity index (χ4v) is 1.14. The molecule has 5 heteroatoms. The summed E-state index contributed by atoms with van der Waals surface area (Å²) in [5.74, 6) is 0.0497. The summed E-state index contributed by atoms with van der Waals surface area (Å²) in [6.07, 6.45) is 0.895. The quantitative estimate of drug-likeness (QED) is 0.460. The molecule has 0 saturated carbocycles. The summed E-state index contributed by atoms with van der Waals surface area (Å²) in [7, 11) is 0. The molecule has 0 aromatic heterocycles. The molecule has 0 heterocycles. The topological polar surface area (TPSA) is 70.6 Å². The van der Waals surface area contributed by atoms with E-state index in [9.17, 15) is 9.90 Å². The molecule has 0 aliphatic carbocycles. The maximum atomic E-state index is 11.2. The Morgan fingerprint density at radius 2 is 2.12 bits per heavy atom. The van der Waals surface area contributed by atoms with Crippen LogP contribution < -0.4 is 10.6 Å². The average molecular weight is 232 g/mol. The minimum atomic E-state index is -0.501. The van der Waals surface area contributed by atoms with E-state index >= 15 is 0 Å². The highest BCUT2D eigenvalue weighted by molar-refractivity contribution is 5.75. The lowest BCUT2D eigenvalue weighted by Gasteiger charge is -2.11. The SMILES string of the molecule is CCCNC(=O)CCNCC(O)COCC. The Bertz CT molecular complexity index is 177. The van der Waals surface area contributed by atoms with Crippen LogP contribution in [-0.4, -0.2) is 50.0 Å². The number of rotatable bonds is 10. The van der Waals surface area contributed by atoms with Crippen LogP contribution in [-0.2, 0) is 9.53 Å². The van der Waals surface area contributed by atoms with Crippen molar-refractivity contribution in [3.05, 3.63) is 0 Å². The smallest absolute Gasteiger partial charge is 0.221 e. The summed E-state index contributed by atoms with van der Waals surface area (Å²) in [5.41, 5.74) is 0. The van der Waals surface area contributed by atoms with Crippen molar-refractivity contribution in [2.75, 3.05) is 32.8 Å². The summed E-state index contributed by atoms with van der Waals surface area (Å²) in [5, 5.41) is 15.2. The summed E-state index contributed by atoms with van der Waals surface area (Å²) in [6.45, 7) is 6.62. The van der Waals surface area contributed by atoms with Crippen molar-refractivity contribution >= 4 is 5.91 Å². The molecule has 0 radical (unpaired) electrons.